The summed E-state index contributed by atoms with van der Waals surface area (Å²) < 4.78 is 13.1. The van der Waals surface area contributed by atoms with E-state index in [-0.39, 0.29) is 18.9 Å². The van der Waals surface area contributed by atoms with Crippen molar-refractivity contribution in [3.8, 4) is 0 Å². The highest BCUT2D eigenvalue weighted by molar-refractivity contribution is 6.34. The van der Waals surface area contributed by atoms with Crippen LogP contribution in [0.1, 0.15) is 61.4 Å². The van der Waals surface area contributed by atoms with Gasteiger partial charge >= 0.3 is 5.97 Å². The Kier molecular flexibility index (Phi) is 11.8. The first-order valence-corrected chi connectivity index (χ1v) is 18.8. The lowest BCUT2D eigenvalue weighted by atomic mass is 9.70. The third-order valence-corrected chi connectivity index (χ3v) is 11.7. The zero-order valence-corrected chi connectivity index (χ0v) is 31.7. The van der Waals surface area contributed by atoms with Crippen LogP contribution >= 0.6 is 11.6 Å². The van der Waals surface area contributed by atoms with Crippen molar-refractivity contribution in [1.29, 1.82) is 0 Å². The number of halogens is 1. The molecule has 0 unspecified atom stereocenters. The van der Waals surface area contributed by atoms with Crippen LogP contribution in [-0.4, -0.2) is 82.6 Å². The number of para-hydroxylation sites is 1. The molecule has 6 rings (SSSR count). The second-order valence-corrected chi connectivity index (χ2v) is 14.8. The van der Waals surface area contributed by atoms with Crippen molar-refractivity contribution in [1.82, 2.24) is 9.80 Å². The zero-order chi connectivity index (χ0) is 38.7. The largest absolute Gasteiger partial charge is 0.455 e. The number of aryl methyl sites for hydroxylation is 1. The maximum absolute atomic E-state index is 15.2. The van der Waals surface area contributed by atoms with Gasteiger partial charge in [0.05, 0.1) is 47.3 Å². The summed E-state index contributed by atoms with van der Waals surface area (Å²) in [4.78, 5) is 62.5. The minimum Gasteiger partial charge on any atom is -0.455 e. The lowest BCUT2D eigenvalue weighted by molar-refractivity contribution is -0.165. The van der Waals surface area contributed by atoms with Gasteiger partial charge in [0.25, 0.3) is 5.91 Å². The number of allylic oxidation sites excluding steroid dienone is 1. The van der Waals surface area contributed by atoms with E-state index in [1.807, 2.05) is 56.3 Å². The van der Waals surface area contributed by atoms with Crippen molar-refractivity contribution in [2.24, 2.45) is 11.8 Å². The average molecular weight is 754 g/mol. The Hall–Kier alpha value is -4.77. The second kappa shape index (κ2) is 16.3. The van der Waals surface area contributed by atoms with Crippen LogP contribution in [0.3, 0.4) is 0 Å². The van der Waals surface area contributed by atoms with Gasteiger partial charge in [0.2, 0.25) is 11.8 Å². The fourth-order valence-electron chi connectivity index (χ4n) is 8.66. The number of likely N-dealkylation sites (tertiary alicyclic amines) is 1. The number of hydrogen-bond acceptors (Lipinski definition) is 7. The van der Waals surface area contributed by atoms with Gasteiger partial charge in [-0.15, -0.1) is 13.2 Å². The number of carbonyl (C=O) groups is 4. The molecule has 8 atom stereocenters. The molecule has 54 heavy (non-hydrogen) atoms. The maximum atomic E-state index is 15.2. The summed E-state index contributed by atoms with van der Waals surface area (Å²) in [5, 5.41) is 11.3. The Bertz CT molecular complexity index is 1870. The molecular formula is C43H48ClN3O7. The Balaban J connectivity index is 1.42. The molecule has 0 radical (unpaired) electrons. The molecule has 3 amide bonds. The van der Waals surface area contributed by atoms with E-state index in [1.165, 1.54) is 9.80 Å². The smallest absolute Gasteiger partial charge is 0.313 e. The van der Waals surface area contributed by atoms with Crippen LogP contribution in [0.25, 0.3) is 0 Å². The van der Waals surface area contributed by atoms with Crippen LogP contribution in [0, 0.1) is 18.8 Å². The van der Waals surface area contributed by atoms with E-state index < -0.39 is 72.2 Å². The first-order valence-electron chi connectivity index (χ1n) is 18.5. The minimum absolute atomic E-state index is 0.0857. The number of fused-ring (bicyclic) bond motifs is 1. The van der Waals surface area contributed by atoms with E-state index in [4.69, 9.17) is 21.1 Å². The SMILES string of the molecule is C=CCCC(=O)N(C)[C@@H](C)[C@@H](OC(=O)[C@@H]1[C@@H]2CC[C@]3(O2)[C@H](C(=O)N(CC=C)c2c(C)cccc2Cl)N([C@H](CO)c2ccccc2)C(=O)[C@@H]13)c1ccccc1. The van der Waals surface area contributed by atoms with Crippen molar-refractivity contribution < 1.29 is 33.8 Å². The monoisotopic (exact) mass is 753 g/mol. The second-order valence-electron chi connectivity index (χ2n) is 14.4. The summed E-state index contributed by atoms with van der Waals surface area (Å²) in [5.41, 5.74) is 1.14. The first kappa shape index (κ1) is 38.9. The van der Waals surface area contributed by atoms with Crippen LogP contribution in [0.15, 0.2) is 104 Å². The summed E-state index contributed by atoms with van der Waals surface area (Å²) in [6.07, 6.45) is 3.23. The summed E-state index contributed by atoms with van der Waals surface area (Å²) in [5.74, 6) is -3.83. The number of carbonyl (C=O) groups excluding carboxylic acids is 4. The van der Waals surface area contributed by atoms with E-state index in [2.05, 4.69) is 13.2 Å². The Morgan fingerprint density at radius 3 is 2.31 bits per heavy atom. The van der Waals surface area contributed by atoms with Gasteiger partial charge in [-0.3, -0.25) is 19.2 Å². The van der Waals surface area contributed by atoms with Crippen molar-refractivity contribution >= 4 is 41.0 Å². The molecule has 0 aromatic heterocycles. The maximum Gasteiger partial charge on any atom is 0.313 e. The molecule has 3 heterocycles. The molecule has 3 aliphatic rings. The lowest BCUT2D eigenvalue weighted by Gasteiger charge is -2.39. The number of hydrogen-bond donors (Lipinski definition) is 1. The zero-order valence-electron chi connectivity index (χ0n) is 31.0. The molecule has 3 aromatic rings. The van der Waals surface area contributed by atoms with Crippen LogP contribution < -0.4 is 4.90 Å². The van der Waals surface area contributed by atoms with Crippen molar-refractivity contribution in [3.63, 3.8) is 0 Å². The molecule has 2 bridgehead atoms. The van der Waals surface area contributed by atoms with Gasteiger partial charge in [0, 0.05) is 20.0 Å². The van der Waals surface area contributed by atoms with Gasteiger partial charge in [0.15, 0.2) is 0 Å². The Morgan fingerprint density at radius 1 is 1.04 bits per heavy atom. The van der Waals surface area contributed by atoms with Gasteiger partial charge < -0.3 is 29.3 Å². The molecule has 0 aliphatic carbocycles. The molecular weight excluding hydrogens is 706 g/mol. The van der Waals surface area contributed by atoms with Gasteiger partial charge in [0.1, 0.15) is 17.7 Å². The van der Waals surface area contributed by atoms with E-state index in [1.54, 1.807) is 60.5 Å². The number of aliphatic hydroxyl groups excluding tert-OH is 1. The molecule has 11 heteroatoms. The summed E-state index contributed by atoms with van der Waals surface area (Å²) in [6, 6.07) is 20.9. The Morgan fingerprint density at radius 2 is 1.70 bits per heavy atom. The highest BCUT2D eigenvalue weighted by Crippen LogP contribution is 2.60. The molecule has 3 aromatic carbocycles. The number of esters is 1. The fourth-order valence-corrected chi connectivity index (χ4v) is 8.98. The van der Waals surface area contributed by atoms with Gasteiger partial charge in [-0.25, -0.2) is 0 Å². The van der Waals surface area contributed by atoms with Crippen molar-refractivity contribution in [2.75, 3.05) is 25.1 Å². The molecule has 3 fully saturated rings. The van der Waals surface area contributed by atoms with Gasteiger partial charge in [-0.2, -0.15) is 0 Å². The summed E-state index contributed by atoms with van der Waals surface area (Å²) >= 11 is 6.74. The molecule has 0 saturated carbocycles. The third kappa shape index (κ3) is 6.87. The number of likely N-dealkylation sites (N-methyl/N-ethyl adjacent to an activating group) is 1. The van der Waals surface area contributed by atoms with Crippen LogP contribution in [0.5, 0.6) is 0 Å². The molecule has 1 N–H and O–H groups in total. The predicted molar refractivity (Wildman–Crippen MR) is 206 cm³/mol. The number of aliphatic hydroxyl groups is 1. The van der Waals surface area contributed by atoms with E-state index in [0.29, 0.717) is 41.1 Å². The number of benzene rings is 3. The molecule has 284 valence electrons. The molecule has 1 spiro atoms. The van der Waals surface area contributed by atoms with Crippen molar-refractivity contribution in [2.45, 2.75) is 75.5 Å². The first-order chi connectivity index (χ1) is 26.0. The standard InChI is InChI=1S/C43H48ClN3O7/c1-6-8-22-34(49)45(5)28(4)38(30-19-13-10-14-20-30)53-42(52)35-33-23-24-43(54-33)36(35)40(50)47(32(26-48)29-17-11-9-12-18-29)39(43)41(51)46(25-7-2)37-27(3)16-15-21-31(37)44/h6-7,9-21,28,32-33,35-36,38-39,48H,1-2,8,22-26H2,3-5H3/t28-,32+,33-,35+,36+,38+,39-,43+/m0/s1. The summed E-state index contributed by atoms with van der Waals surface area (Å²) in [6.45, 7) is 10.9. The van der Waals surface area contributed by atoms with Crippen molar-refractivity contribution in [3.05, 3.63) is 126 Å². The van der Waals surface area contributed by atoms with Crippen LogP contribution in [0.4, 0.5) is 5.69 Å². The highest BCUT2D eigenvalue weighted by atomic mass is 35.5. The lowest BCUT2D eigenvalue weighted by Crippen LogP contribution is -2.57. The highest BCUT2D eigenvalue weighted by Gasteiger charge is 2.76. The van der Waals surface area contributed by atoms with Crippen LogP contribution in [0.2, 0.25) is 5.02 Å². The molecule has 3 saturated heterocycles. The third-order valence-electron chi connectivity index (χ3n) is 11.3. The number of nitrogens with zero attached hydrogens (tertiary/aromatic N) is 3. The quantitative estimate of drug-likeness (QED) is 0.142. The topological polar surface area (TPSA) is 117 Å². The van der Waals surface area contributed by atoms with Gasteiger partial charge in [-0.1, -0.05) is 96.5 Å². The molecule has 3 aliphatic heterocycles. The van der Waals surface area contributed by atoms with Gasteiger partial charge in [-0.05, 0) is 55.9 Å². The number of anilines is 1. The van der Waals surface area contributed by atoms with E-state index >= 15 is 9.59 Å². The van der Waals surface area contributed by atoms with Crippen LogP contribution in [-0.2, 0) is 28.7 Å². The fraction of sp³-hybridized carbons (Fsp3) is 0.395. The normalized spacial score (nSPS) is 24.3. The number of amides is 3. The minimum atomic E-state index is -1.40. The number of ether oxygens (including phenoxy) is 2. The summed E-state index contributed by atoms with van der Waals surface area (Å²) in [7, 11) is 1.68. The Labute approximate surface area is 322 Å². The number of rotatable bonds is 15. The average Bonchev–Trinajstić information content (AvgIpc) is 3.83. The molecule has 10 nitrogen and oxygen atoms in total. The van der Waals surface area contributed by atoms with E-state index in [9.17, 15) is 14.7 Å². The van der Waals surface area contributed by atoms with E-state index in [0.717, 1.165) is 5.56 Å². The predicted octanol–water partition coefficient (Wildman–Crippen LogP) is 6.37.